The van der Waals surface area contributed by atoms with Gasteiger partial charge in [0, 0.05) is 10.9 Å². The molecule has 1 aromatic rings. The molecule has 1 aromatic heterocycles. The largest absolute Gasteiger partial charge is 0.401 e. The van der Waals surface area contributed by atoms with Gasteiger partial charge in [-0.05, 0) is 25.6 Å². The molecule has 2 atom stereocenters. The molecule has 2 unspecified atom stereocenters. The van der Waals surface area contributed by atoms with Gasteiger partial charge in [0.2, 0.25) is 0 Å². The van der Waals surface area contributed by atoms with Crippen LogP contribution in [-0.4, -0.2) is 30.7 Å². The van der Waals surface area contributed by atoms with Crippen molar-refractivity contribution in [2.45, 2.75) is 31.6 Å². The minimum atomic E-state index is -4.23. The normalized spacial score (nSPS) is 16.0. The van der Waals surface area contributed by atoms with Crippen LogP contribution in [0.15, 0.2) is 12.1 Å². The van der Waals surface area contributed by atoms with Crippen LogP contribution in [0.4, 0.5) is 13.2 Å². The lowest BCUT2D eigenvalue weighted by atomic mass is 10.0. The lowest BCUT2D eigenvalue weighted by Gasteiger charge is -2.32. The third-order valence-corrected chi connectivity index (χ3v) is 3.97. The molecule has 0 radical (unpaired) electrons. The van der Waals surface area contributed by atoms with Crippen LogP contribution in [0.5, 0.6) is 0 Å². The standard InChI is InChI=1S/C11H16ClF3N2S/c1-3-7(16)10(8-4-5-9(12)18-8)17(2)6-11(13,14)15/h4-5,7,10H,3,6,16H2,1-2H3. The lowest BCUT2D eigenvalue weighted by Crippen LogP contribution is -2.42. The van der Waals surface area contributed by atoms with E-state index in [1.54, 1.807) is 12.1 Å². The number of rotatable bonds is 5. The Morgan fingerprint density at radius 1 is 1.44 bits per heavy atom. The number of likely N-dealkylation sites (N-methyl/N-ethyl adjacent to an activating group) is 1. The van der Waals surface area contributed by atoms with Crippen LogP contribution >= 0.6 is 22.9 Å². The Kier molecular flexibility index (Phi) is 5.46. The maximum Gasteiger partial charge on any atom is 0.401 e. The predicted molar refractivity (Wildman–Crippen MR) is 69.0 cm³/mol. The average Bonchev–Trinajstić information content (AvgIpc) is 2.62. The summed E-state index contributed by atoms with van der Waals surface area (Å²) in [5, 5.41) is 0. The fraction of sp³-hybridized carbons (Fsp3) is 0.636. The van der Waals surface area contributed by atoms with Gasteiger partial charge in [-0.3, -0.25) is 4.90 Å². The topological polar surface area (TPSA) is 29.3 Å². The number of hydrogen-bond donors (Lipinski definition) is 1. The second kappa shape index (κ2) is 6.23. The Hall–Kier alpha value is -0.300. The maximum atomic E-state index is 12.4. The molecule has 104 valence electrons. The molecule has 0 aliphatic rings. The fourth-order valence-electron chi connectivity index (χ4n) is 1.85. The smallest absolute Gasteiger partial charge is 0.326 e. The van der Waals surface area contributed by atoms with E-state index in [1.807, 2.05) is 6.92 Å². The number of thiophene rings is 1. The third kappa shape index (κ3) is 4.42. The molecule has 0 bridgehead atoms. The monoisotopic (exact) mass is 300 g/mol. The van der Waals surface area contributed by atoms with E-state index in [2.05, 4.69) is 0 Å². The van der Waals surface area contributed by atoms with Gasteiger partial charge in [-0.25, -0.2) is 0 Å². The van der Waals surface area contributed by atoms with Gasteiger partial charge in [0.25, 0.3) is 0 Å². The van der Waals surface area contributed by atoms with Crippen molar-refractivity contribution in [3.8, 4) is 0 Å². The van der Waals surface area contributed by atoms with E-state index in [0.717, 1.165) is 4.88 Å². The summed E-state index contributed by atoms with van der Waals surface area (Å²) in [5.41, 5.74) is 5.93. The van der Waals surface area contributed by atoms with Crippen LogP contribution in [-0.2, 0) is 0 Å². The zero-order chi connectivity index (χ0) is 13.9. The molecule has 0 aliphatic carbocycles. The molecule has 0 amide bonds. The first kappa shape index (κ1) is 15.8. The maximum absolute atomic E-state index is 12.4. The molecule has 0 spiro atoms. The molecular weight excluding hydrogens is 285 g/mol. The molecule has 18 heavy (non-hydrogen) atoms. The van der Waals surface area contributed by atoms with Crippen molar-refractivity contribution in [1.29, 1.82) is 0 Å². The summed E-state index contributed by atoms with van der Waals surface area (Å²) in [6.07, 6.45) is -3.64. The molecule has 1 rings (SSSR count). The second-order valence-corrected chi connectivity index (χ2v) is 5.94. The SMILES string of the molecule is CCC(N)C(c1ccc(Cl)s1)N(C)CC(F)(F)F. The number of alkyl halides is 3. The molecule has 0 fully saturated rings. The molecular formula is C11H16ClF3N2S. The number of nitrogens with two attached hydrogens (primary N) is 1. The summed E-state index contributed by atoms with van der Waals surface area (Å²) in [5.74, 6) is 0. The first-order valence-corrected chi connectivity index (χ1v) is 6.72. The average molecular weight is 301 g/mol. The van der Waals surface area contributed by atoms with E-state index in [-0.39, 0.29) is 6.04 Å². The molecule has 1 heterocycles. The molecule has 0 saturated heterocycles. The summed E-state index contributed by atoms with van der Waals surface area (Å²) in [4.78, 5) is 2.00. The number of nitrogens with zero attached hydrogens (tertiary/aromatic N) is 1. The van der Waals surface area contributed by atoms with Crippen molar-refractivity contribution in [2.75, 3.05) is 13.6 Å². The van der Waals surface area contributed by atoms with Gasteiger partial charge in [-0.1, -0.05) is 18.5 Å². The number of hydrogen-bond acceptors (Lipinski definition) is 3. The Morgan fingerprint density at radius 2 is 2.06 bits per heavy atom. The van der Waals surface area contributed by atoms with Crippen molar-refractivity contribution < 1.29 is 13.2 Å². The van der Waals surface area contributed by atoms with E-state index < -0.39 is 18.8 Å². The van der Waals surface area contributed by atoms with E-state index in [0.29, 0.717) is 10.8 Å². The van der Waals surface area contributed by atoms with E-state index >= 15 is 0 Å². The number of halogens is 4. The minimum Gasteiger partial charge on any atom is -0.326 e. The third-order valence-electron chi connectivity index (χ3n) is 2.67. The predicted octanol–water partition coefficient (Wildman–Crippen LogP) is 3.67. The van der Waals surface area contributed by atoms with E-state index in [9.17, 15) is 13.2 Å². The Balaban J connectivity index is 2.92. The highest BCUT2D eigenvalue weighted by Gasteiger charge is 2.34. The van der Waals surface area contributed by atoms with Gasteiger partial charge in [-0.2, -0.15) is 13.2 Å². The van der Waals surface area contributed by atoms with Gasteiger partial charge in [-0.15, -0.1) is 11.3 Å². The summed E-state index contributed by atoms with van der Waals surface area (Å²) in [6.45, 7) is 0.870. The van der Waals surface area contributed by atoms with Crippen molar-refractivity contribution in [3.63, 3.8) is 0 Å². The van der Waals surface area contributed by atoms with Gasteiger partial charge in [0.05, 0.1) is 16.9 Å². The van der Waals surface area contributed by atoms with Crippen LogP contribution in [0.2, 0.25) is 4.34 Å². The first-order chi connectivity index (χ1) is 8.24. The molecule has 0 aliphatic heterocycles. The van der Waals surface area contributed by atoms with Crippen molar-refractivity contribution in [1.82, 2.24) is 4.90 Å². The van der Waals surface area contributed by atoms with Crippen molar-refractivity contribution in [3.05, 3.63) is 21.3 Å². The van der Waals surface area contributed by atoms with Crippen molar-refractivity contribution >= 4 is 22.9 Å². The molecule has 0 saturated carbocycles. The molecule has 2 nitrogen and oxygen atoms in total. The molecule has 7 heteroatoms. The zero-order valence-electron chi connectivity index (χ0n) is 10.2. The summed E-state index contributed by atoms with van der Waals surface area (Å²) < 4.78 is 37.9. The Morgan fingerprint density at radius 3 is 2.44 bits per heavy atom. The van der Waals surface area contributed by atoms with Crippen molar-refractivity contribution in [2.24, 2.45) is 5.73 Å². The summed E-state index contributed by atoms with van der Waals surface area (Å²) >= 11 is 7.10. The van der Waals surface area contributed by atoms with Gasteiger partial charge in [0.1, 0.15) is 0 Å². The first-order valence-electron chi connectivity index (χ1n) is 5.52. The summed E-state index contributed by atoms with van der Waals surface area (Å²) in [7, 11) is 1.43. The molecule has 2 N–H and O–H groups in total. The zero-order valence-corrected chi connectivity index (χ0v) is 11.7. The molecule has 0 aromatic carbocycles. The highest BCUT2D eigenvalue weighted by atomic mass is 35.5. The van der Waals surface area contributed by atoms with Crippen LogP contribution < -0.4 is 5.73 Å². The second-order valence-electron chi connectivity index (χ2n) is 4.19. The van der Waals surface area contributed by atoms with Crippen LogP contribution in [0, 0.1) is 0 Å². The van der Waals surface area contributed by atoms with E-state index in [1.165, 1.54) is 23.3 Å². The fourth-order valence-corrected chi connectivity index (χ4v) is 3.15. The van der Waals surface area contributed by atoms with Crippen LogP contribution in [0.25, 0.3) is 0 Å². The highest BCUT2D eigenvalue weighted by Crippen LogP contribution is 2.33. The lowest BCUT2D eigenvalue weighted by molar-refractivity contribution is -0.148. The Labute approximate surface area is 114 Å². The van der Waals surface area contributed by atoms with Gasteiger partial charge in [0.15, 0.2) is 0 Å². The van der Waals surface area contributed by atoms with E-state index in [4.69, 9.17) is 17.3 Å². The summed E-state index contributed by atoms with van der Waals surface area (Å²) in [6, 6.07) is 2.60. The highest BCUT2D eigenvalue weighted by molar-refractivity contribution is 7.16. The Bertz CT molecular complexity index is 381. The quantitative estimate of drug-likeness (QED) is 0.899. The minimum absolute atomic E-state index is 0.355. The van der Waals surface area contributed by atoms with Gasteiger partial charge < -0.3 is 5.73 Å². The van der Waals surface area contributed by atoms with Gasteiger partial charge >= 0.3 is 6.18 Å². The van der Waals surface area contributed by atoms with Crippen LogP contribution in [0.1, 0.15) is 24.3 Å². The van der Waals surface area contributed by atoms with Crippen LogP contribution in [0.3, 0.4) is 0 Å².